The minimum Gasteiger partial charge on any atom is -0.497 e. The summed E-state index contributed by atoms with van der Waals surface area (Å²) in [6.45, 7) is 1.84. The molecule has 3 aromatic rings. The number of carbonyl (C=O) groups excluding carboxylic acids is 2. The summed E-state index contributed by atoms with van der Waals surface area (Å²) in [7, 11) is 1.62. The number of nitrogens with zero attached hydrogens (tertiary/aromatic N) is 2. The molecule has 4 rings (SSSR count). The summed E-state index contributed by atoms with van der Waals surface area (Å²) in [4.78, 5) is 31.5. The summed E-state index contributed by atoms with van der Waals surface area (Å²) in [5, 5.41) is 5.52. The third kappa shape index (κ3) is 3.54. The summed E-state index contributed by atoms with van der Waals surface area (Å²) >= 11 is 4.95. The van der Waals surface area contributed by atoms with Crippen LogP contribution in [0.3, 0.4) is 0 Å². The first kappa shape index (κ1) is 19.6. The lowest BCUT2D eigenvalue weighted by Gasteiger charge is -2.23. The predicted octanol–water partition coefficient (Wildman–Crippen LogP) is 4.55. The van der Waals surface area contributed by atoms with Crippen LogP contribution >= 0.6 is 27.3 Å². The van der Waals surface area contributed by atoms with Crippen molar-refractivity contribution in [3.05, 3.63) is 69.6 Å². The van der Waals surface area contributed by atoms with E-state index in [1.165, 1.54) is 16.2 Å². The number of nitrogens with one attached hydrogen (secondary N) is 1. The zero-order valence-electron chi connectivity index (χ0n) is 15.8. The highest BCUT2D eigenvalue weighted by atomic mass is 79.9. The maximum Gasteiger partial charge on any atom is 0.325 e. The lowest BCUT2D eigenvalue weighted by atomic mass is 9.92. The molecule has 29 heavy (non-hydrogen) atoms. The van der Waals surface area contributed by atoms with E-state index in [2.05, 4.69) is 26.2 Å². The van der Waals surface area contributed by atoms with E-state index in [1.54, 1.807) is 14.0 Å². The van der Waals surface area contributed by atoms with E-state index in [4.69, 9.17) is 4.74 Å². The van der Waals surface area contributed by atoms with Crippen LogP contribution in [0.5, 0.6) is 5.75 Å². The SMILES string of the molecule is COc1ccc(-c2nc(CN3C(=O)NC(C)(c4ccccc4Br)C3=O)cs2)cc1. The average molecular weight is 472 g/mol. The Kier molecular flexibility index (Phi) is 5.14. The quantitative estimate of drug-likeness (QED) is 0.554. The Morgan fingerprint density at radius 1 is 1.17 bits per heavy atom. The largest absolute Gasteiger partial charge is 0.497 e. The molecule has 0 radical (unpaired) electrons. The molecule has 3 amide bonds. The van der Waals surface area contributed by atoms with E-state index in [-0.39, 0.29) is 12.5 Å². The molecule has 1 atom stereocenters. The molecule has 0 spiro atoms. The van der Waals surface area contributed by atoms with Crippen molar-refractivity contribution in [1.29, 1.82) is 0 Å². The Balaban J connectivity index is 1.56. The number of ether oxygens (including phenoxy) is 1. The smallest absolute Gasteiger partial charge is 0.325 e. The number of amides is 3. The predicted molar refractivity (Wildman–Crippen MR) is 115 cm³/mol. The van der Waals surface area contributed by atoms with E-state index in [1.807, 2.05) is 53.9 Å². The molecule has 1 aliphatic heterocycles. The van der Waals surface area contributed by atoms with E-state index in [0.717, 1.165) is 26.4 Å². The van der Waals surface area contributed by atoms with E-state index >= 15 is 0 Å². The van der Waals surface area contributed by atoms with Crippen LogP contribution in [0.2, 0.25) is 0 Å². The lowest BCUT2D eigenvalue weighted by Crippen LogP contribution is -2.41. The fraction of sp³-hybridized carbons (Fsp3) is 0.190. The zero-order chi connectivity index (χ0) is 20.6. The molecular formula is C21H18BrN3O3S. The fourth-order valence-corrected chi connectivity index (χ4v) is 4.80. The summed E-state index contributed by atoms with van der Waals surface area (Å²) in [5.74, 6) is 0.476. The first-order valence-corrected chi connectivity index (χ1v) is 10.6. The number of imide groups is 1. The van der Waals surface area contributed by atoms with Crippen molar-refractivity contribution in [2.24, 2.45) is 0 Å². The number of hydrogen-bond acceptors (Lipinski definition) is 5. The van der Waals surface area contributed by atoms with Gasteiger partial charge in [0.15, 0.2) is 0 Å². The number of thiazole rings is 1. The molecule has 0 saturated carbocycles. The Hall–Kier alpha value is -2.71. The van der Waals surface area contributed by atoms with Gasteiger partial charge in [-0.3, -0.25) is 9.69 Å². The van der Waals surface area contributed by atoms with Crippen LogP contribution < -0.4 is 10.1 Å². The molecular weight excluding hydrogens is 454 g/mol. The van der Waals surface area contributed by atoms with Crippen LogP contribution in [0.4, 0.5) is 4.79 Å². The minimum absolute atomic E-state index is 0.122. The molecule has 2 aromatic carbocycles. The van der Waals surface area contributed by atoms with Crippen molar-refractivity contribution in [3.8, 4) is 16.3 Å². The summed E-state index contributed by atoms with van der Waals surface area (Å²) in [6.07, 6.45) is 0. The maximum atomic E-state index is 13.1. The monoisotopic (exact) mass is 471 g/mol. The number of benzene rings is 2. The second-order valence-electron chi connectivity index (χ2n) is 6.80. The molecule has 148 valence electrons. The van der Waals surface area contributed by atoms with Gasteiger partial charge in [0.1, 0.15) is 16.3 Å². The molecule has 1 aliphatic rings. The molecule has 1 N–H and O–H groups in total. The topological polar surface area (TPSA) is 71.5 Å². The van der Waals surface area contributed by atoms with Crippen LogP contribution in [-0.4, -0.2) is 28.9 Å². The first-order chi connectivity index (χ1) is 13.9. The third-order valence-corrected chi connectivity index (χ3v) is 6.53. The maximum absolute atomic E-state index is 13.1. The van der Waals surface area contributed by atoms with Gasteiger partial charge in [-0.25, -0.2) is 9.78 Å². The molecule has 0 aliphatic carbocycles. The van der Waals surface area contributed by atoms with Gasteiger partial charge >= 0.3 is 6.03 Å². The summed E-state index contributed by atoms with van der Waals surface area (Å²) in [5.41, 5.74) is 1.22. The normalized spacial score (nSPS) is 18.8. The summed E-state index contributed by atoms with van der Waals surface area (Å²) < 4.78 is 5.95. The Bertz CT molecular complexity index is 1080. The van der Waals surface area contributed by atoms with Crippen molar-refractivity contribution >= 4 is 39.2 Å². The number of carbonyl (C=O) groups is 2. The summed E-state index contributed by atoms with van der Waals surface area (Å²) in [6, 6.07) is 14.6. The van der Waals surface area contributed by atoms with Gasteiger partial charge < -0.3 is 10.1 Å². The second kappa shape index (κ2) is 7.61. The molecule has 1 saturated heterocycles. The Morgan fingerprint density at radius 3 is 2.59 bits per heavy atom. The minimum atomic E-state index is -1.12. The highest BCUT2D eigenvalue weighted by Gasteiger charge is 2.49. The molecule has 1 unspecified atom stereocenters. The van der Waals surface area contributed by atoms with Gasteiger partial charge in [-0.2, -0.15) is 0 Å². The van der Waals surface area contributed by atoms with Gasteiger partial charge in [0.2, 0.25) is 0 Å². The van der Waals surface area contributed by atoms with Gasteiger partial charge in [0, 0.05) is 21.0 Å². The lowest BCUT2D eigenvalue weighted by molar-refractivity contribution is -0.131. The number of aromatic nitrogens is 1. The number of halogens is 1. The fourth-order valence-electron chi connectivity index (χ4n) is 3.30. The highest BCUT2D eigenvalue weighted by molar-refractivity contribution is 9.10. The van der Waals surface area contributed by atoms with Crippen LogP contribution in [-0.2, 0) is 16.9 Å². The van der Waals surface area contributed by atoms with Crippen LogP contribution in [0.1, 0.15) is 18.2 Å². The molecule has 8 heteroatoms. The standard InChI is InChI=1S/C21H18BrN3O3S/c1-21(16-5-3-4-6-17(16)22)19(26)25(20(27)24-21)11-14-12-29-18(23-14)13-7-9-15(28-2)10-8-13/h3-10,12H,11H2,1-2H3,(H,24,27). The Labute approximate surface area is 180 Å². The van der Waals surface area contributed by atoms with Gasteiger partial charge in [-0.1, -0.05) is 34.1 Å². The van der Waals surface area contributed by atoms with Gasteiger partial charge in [0.05, 0.1) is 19.3 Å². The second-order valence-corrected chi connectivity index (χ2v) is 8.51. The highest BCUT2D eigenvalue weighted by Crippen LogP contribution is 2.34. The first-order valence-electron chi connectivity index (χ1n) is 8.90. The van der Waals surface area contributed by atoms with E-state index < -0.39 is 11.6 Å². The number of urea groups is 1. The third-order valence-electron chi connectivity index (χ3n) is 4.90. The Morgan fingerprint density at radius 2 is 1.90 bits per heavy atom. The van der Waals surface area contributed by atoms with Crippen molar-refractivity contribution in [2.45, 2.75) is 19.0 Å². The molecule has 1 aromatic heterocycles. The van der Waals surface area contributed by atoms with Gasteiger partial charge in [-0.05, 0) is 37.3 Å². The van der Waals surface area contributed by atoms with Crippen molar-refractivity contribution in [3.63, 3.8) is 0 Å². The van der Waals surface area contributed by atoms with Gasteiger partial charge in [0.25, 0.3) is 5.91 Å². The van der Waals surface area contributed by atoms with E-state index in [9.17, 15) is 9.59 Å². The number of hydrogen-bond donors (Lipinski definition) is 1. The molecule has 0 bridgehead atoms. The molecule has 2 heterocycles. The van der Waals surface area contributed by atoms with Gasteiger partial charge in [-0.15, -0.1) is 11.3 Å². The van der Waals surface area contributed by atoms with Crippen molar-refractivity contribution in [2.75, 3.05) is 7.11 Å². The van der Waals surface area contributed by atoms with Crippen LogP contribution in [0.15, 0.2) is 58.4 Å². The zero-order valence-corrected chi connectivity index (χ0v) is 18.2. The van der Waals surface area contributed by atoms with Crippen molar-refractivity contribution < 1.29 is 14.3 Å². The average Bonchev–Trinajstić information content (AvgIpc) is 3.28. The van der Waals surface area contributed by atoms with Crippen LogP contribution in [0.25, 0.3) is 10.6 Å². The number of methoxy groups -OCH3 is 1. The number of rotatable bonds is 5. The van der Waals surface area contributed by atoms with E-state index in [0.29, 0.717) is 5.69 Å². The molecule has 6 nitrogen and oxygen atoms in total. The molecule has 1 fully saturated rings. The van der Waals surface area contributed by atoms with Crippen LogP contribution in [0, 0.1) is 0 Å². The van der Waals surface area contributed by atoms with Crippen molar-refractivity contribution in [1.82, 2.24) is 15.2 Å².